The second kappa shape index (κ2) is 7.73. The average molecular weight is 295 g/mol. The topological polar surface area (TPSA) is 142 Å². The van der Waals surface area contributed by atoms with Crippen LogP contribution in [0.25, 0.3) is 0 Å². The van der Waals surface area contributed by atoms with Crippen LogP contribution < -0.4 is 16.4 Å². The zero-order valence-corrected chi connectivity index (χ0v) is 11.3. The summed E-state index contributed by atoms with van der Waals surface area (Å²) in [5.41, 5.74) is 4.68. The van der Waals surface area contributed by atoms with Crippen molar-refractivity contribution in [3.63, 3.8) is 0 Å². The Hall–Kier alpha value is -2.77. The van der Waals surface area contributed by atoms with Crippen molar-refractivity contribution >= 4 is 23.6 Å². The van der Waals surface area contributed by atoms with Crippen molar-refractivity contribution in [3.05, 3.63) is 23.8 Å². The number of anilines is 1. The fourth-order valence-electron chi connectivity index (χ4n) is 1.61. The molecule has 0 bridgehead atoms. The lowest BCUT2D eigenvalue weighted by atomic mass is 10.1. The highest BCUT2D eigenvalue weighted by molar-refractivity contribution is 5.97. The van der Waals surface area contributed by atoms with Crippen LogP contribution in [-0.2, 0) is 4.79 Å². The van der Waals surface area contributed by atoms with Crippen molar-refractivity contribution < 1.29 is 24.6 Å². The average Bonchev–Trinajstić information content (AvgIpc) is 2.40. The second-order valence-corrected chi connectivity index (χ2v) is 4.31. The standard InChI is InChI=1S/C13H17N3O5/c14-10(17)6-1-2-7-15-13(21)16-9-5-3-4-8(11(9)18)12(19)20/h3-5,18H,1-2,6-7H2,(H2,14,17)(H,19,20)(H2,15,16,21). The molecule has 1 aromatic carbocycles. The first-order valence-corrected chi connectivity index (χ1v) is 6.30. The molecule has 0 aromatic heterocycles. The van der Waals surface area contributed by atoms with Gasteiger partial charge in [-0.3, -0.25) is 4.79 Å². The molecule has 0 aliphatic heterocycles. The minimum absolute atomic E-state index is 0.00420. The van der Waals surface area contributed by atoms with Crippen molar-refractivity contribution in [2.24, 2.45) is 5.73 Å². The third-order valence-electron chi connectivity index (χ3n) is 2.65. The second-order valence-electron chi connectivity index (χ2n) is 4.31. The molecule has 8 nitrogen and oxygen atoms in total. The predicted octanol–water partition coefficient (Wildman–Crippen LogP) is 0.867. The summed E-state index contributed by atoms with van der Waals surface area (Å²) in [4.78, 5) is 32.9. The number of amides is 3. The van der Waals surface area contributed by atoms with Crippen LogP contribution in [0.2, 0.25) is 0 Å². The normalized spacial score (nSPS) is 9.90. The van der Waals surface area contributed by atoms with Crippen molar-refractivity contribution in [1.82, 2.24) is 5.32 Å². The number of rotatable bonds is 7. The summed E-state index contributed by atoms with van der Waals surface area (Å²) >= 11 is 0. The quantitative estimate of drug-likeness (QED) is 0.375. The van der Waals surface area contributed by atoms with E-state index in [0.29, 0.717) is 19.4 Å². The van der Waals surface area contributed by atoms with Crippen LogP contribution in [0.4, 0.5) is 10.5 Å². The molecule has 8 heteroatoms. The van der Waals surface area contributed by atoms with Gasteiger partial charge in [0.1, 0.15) is 5.56 Å². The van der Waals surface area contributed by atoms with Crippen LogP contribution in [0.15, 0.2) is 18.2 Å². The van der Waals surface area contributed by atoms with Gasteiger partial charge in [0.05, 0.1) is 5.69 Å². The van der Waals surface area contributed by atoms with Crippen molar-refractivity contribution in [1.29, 1.82) is 0 Å². The Morgan fingerprint density at radius 2 is 1.90 bits per heavy atom. The number of carbonyl (C=O) groups is 3. The molecule has 0 saturated carbocycles. The van der Waals surface area contributed by atoms with Gasteiger partial charge >= 0.3 is 12.0 Å². The number of aromatic carboxylic acids is 1. The molecule has 1 rings (SSSR count). The SMILES string of the molecule is NC(=O)CCCCNC(=O)Nc1cccc(C(=O)O)c1O. The largest absolute Gasteiger partial charge is 0.505 e. The molecular weight excluding hydrogens is 278 g/mol. The first-order chi connectivity index (χ1) is 9.91. The number of primary amides is 1. The maximum Gasteiger partial charge on any atom is 0.339 e. The Labute approximate surface area is 120 Å². The number of unbranched alkanes of at least 4 members (excludes halogenated alkanes) is 1. The fraction of sp³-hybridized carbons (Fsp3) is 0.308. The third kappa shape index (κ3) is 5.39. The zero-order chi connectivity index (χ0) is 15.8. The number of para-hydroxylation sites is 1. The van der Waals surface area contributed by atoms with E-state index in [-0.39, 0.29) is 17.7 Å². The molecule has 0 heterocycles. The number of carboxylic acids is 1. The van der Waals surface area contributed by atoms with Crippen molar-refractivity contribution in [2.45, 2.75) is 19.3 Å². The number of urea groups is 1. The minimum Gasteiger partial charge on any atom is -0.505 e. The summed E-state index contributed by atoms with van der Waals surface area (Å²) in [6, 6.07) is 3.44. The van der Waals surface area contributed by atoms with Gasteiger partial charge in [0.15, 0.2) is 5.75 Å². The lowest BCUT2D eigenvalue weighted by Gasteiger charge is -2.10. The van der Waals surface area contributed by atoms with E-state index in [0.717, 1.165) is 0 Å². The van der Waals surface area contributed by atoms with Crippen LogP contribution in [0.3, 0.4) is 0 Å². The third-order valence-corrected chi connectivity index (χ3v) is 2.65. The van der Waals surface area contributed by atoms with Gasteiger partial charge in [0, 0.05) is 13.0 Å². The highest BCUT2D eigenvalue weighted by Gasteiger charge is 2.14. The van der Waals surface area contributed by atoms with E-state index in [9.17, 15) is 19.5 Å². The number of aromatic hydroxyl groups is 1. The lowest BCUT2D eigenvalue weighted by molar-refractivity contribution is -0.118. The zero-order valence-electron chi connectivity index (χ0n) is 11.3. The van der Waals surface area contributed by atoms with E-state index in [1.165, 1.54) is 18.2 Å². The number of hydrogen-bond donors (Lipinski definition) is 5. The number of carboxylic acid groups (broad SMARTS) is 1. The van der Waals surface area contributed by atoms with Crippen molar-refractivity contribution in [2.75, 3.05) is 11.9 Å². The van der Waals surface area contributed by atoms with Gasteiger partial charge in [-0.2, -0.15) is 0 Å². The molecule has 3 amide bonds. The molecule has 1 aromatic rings. The van der Waals surface area contributed by atoms with Gasteiger partial charge in [0.2, 0.25) is 5.91 Å². The summed E-state index contributed by atoms with van der Waals surface area (Å²) in [6.07, 6.45) is 1.40. The van der Waals surface area contributed by atoms with Gasteiger partial charge in [0.25, 0.3) is 0 Å². The summed E-state index contributed by atoms with van der Waals surface area (Å²) in [5.74, 6) is -2.19. The van der Waals surface area contributed by atoms with E-state index in [4.69, 9.17) is 10.8 Å². The molecule has 0 aliphatic rings. The molecule has 0 spiro atoms. The Kier molecular flexibility index (Phi) is 5.99. The molecule has 0 aliphatic carbocycles. The Bertz CT molecular complexity index is 545. The van der Waals surface area contributed by atoms with Crippen LogP contribution >= 0.6 is 0 Å². The molecular formula is C13H17N3O5. The van der Waals surface area contributed by atoms with Gasteiger partial charge in [-0.1, -0.05) is 6.07 Å². The number of phenols is 1. The molecule has 0 radical (unpaired) electrons. The number of carbonyl (C=O) groups excluding carboxylic acids is 2. The molecule has 0 saturated heterocycles. The Balaban J connectivity index is 2.46. The van der Waals surface area contributed by atoms with E-state index in [1.54, 1.807) is 0 Å². The summed E-state index contributed by atoms with van der Waals surface area (Å²) in [5, 5.41) is 23.4. The van der Waals surface area contributed by atoms with Crippen molar-refractivity contribution in [3.8, 4) is 5.75 Å². The Morgan fingerprint density at radius 1 is 1.19 bits per heavy atom. The maximum absolute atomic E-state index is 11.6. The van der Waals surface area contributed by atoms with Gasteiger partial charge < -0.3 is 26.6 Å². The molecule has 0 fully saturated rings. The number of hydrogen-bond acceptors (Lipinski definition) is 4. The van der Waals surface area contributed by atoms with Gasteiger partial charge in [-0.25, -0.2) is 9.59 Å². The predicted molar refractivity (Wildman–Crippen MR) is 75.1 cm³/mol. The molecule has 6 N–H and O–H groups in total. The van der Waals surface area contributed by atoms with Gasteiger partial charge in [-0.05, 0) is 25.0 Å². The first-order valence-electron chi connectivity index (χ1n) is 6.30. The lowest BCUT2D eigenvalue weighted by Crippen LogP contribution is -2.29. The van der Waals surface area contributed by atoms with E-state index >= 15 is 0 Å². The highest BCUT2D eigenvalue weighted by Crippen LogP contribution is 2.27. The van der Waals surface area contributed by atoms with E-state index < -0.39 is 23.7 Å². The Morgan fingerprint density at radius 3 is 2.52 bits per heavy atom. The maximum atomic E-state index is 11.6. The fourth-order valence-corrected chi connectivity index (χ4v) is 1.61. The molecule has 0 unspecified atom stereocenters. The van der Waals surface area contributed by atoms with Crippen LogP contribution in [-0.4, -0.2) is 34.7 Å². The summed E-state index contributed by atoms with van der Waals surface area (Å²) in [6.45, 7) is 0.332. The first kappa shape index (κ1) is 16.3. The minimum atomic E-state index is -1.29. The summed E-state index contributed by atoms with van der Waals surface area (Å²) in [7, 11) is 0. The molecule has 114 valence electrons. The highest BCUT2D eigenvalue weighted by atomic mass is 16.4. The van der Waals surface area contributed by atoms with Gasteiger partial charge in [-0.15, -0.1) is 0 Å². The van der Waals surface area contributed by atoms with Crippen LogP contribution in [0, 0.1) is 0 Å². The van der Waals surface area contributed by atoms with Crippen LogP contribution in [0.1, 0.15) is 29.6 Å². The smallest absolute Gasteiger partial charge is 0.339 e. The molecule has 21 heavy (non-hydrogen) atoms. The van der Waals surface area contributed by atoms with E-state index in [2.05, 4.69) is 10.6 Å². The monoisotopic (exact) mass is 295 g/mol. The molecule has 0 atom stereocenters. The number of benzene rings is 1. The number of nitrogens with two attached hydrogens (primary N) is 1. The number of nitrogens with one attached hydrogen (secondary N) is 2. The summed E-state index contributed by atoms with van der Waals surface area (Å²) < 4.78 is 0. The van der Waals surface area contributed by atoms with E-state index in [1.807, 2.05) is 0 Å². The van der Waals surface area contributed by atoms with Crippen LogP contribution in [0.5, 0.6) is 5.75 Å².